The minimum Gasteiger partial charge on any atom is -0.376 e. The van der Waals surface area contributed by atoms with E-state index in [1.165, 1.54) is 30.3 Å². The van der Waals surface area contributed by atoms with Crippen LogP contribution in [0, 0.1) is 5.82 Å². The number of rotatable bonds is 10. The number of nitrogens with one attached hydrogen (secondary N) is 2. The van der Waals surface area contributed by atoms with Crippen molar-refractivity contribution in [1.29, 1.82) is 0 Å². The lowest BCUT2D eigenvalue weighted by Gasteiger charge is -2.31. The van der Waals surface area contributed by atoms with Crippen LogP contribution in [0.5, 0.6) is 0 Å². The number of nitrogens with zero attached hydrogens (tertiary/aromatic N) is 1. The van der Waals surface area contributed by atoms with Crippen molar-refractivity contribution in [3.63, 3.8) is 0 Å². The first-order valence-corrected chi connectivity index (χ1v) is 12.3. The van der Waals surface area contributed by atoms with Crippen molar-refractivity contribution in [2.75, 3.05) is 24.6 Å². The molecule has 1 fully saturated rings. The third kappa shape index (κ3) is 6.59. The minimum absolute atomic E-state index is 0.0106. The van der Waals surface area contributed by atoms with Crippen LogP contribution in [0.3, 0.4) is 0 Å². The molecule has 2 N–H and O–H groups in total. The van der Waals surface area contributed by atoms with E-state index >= 15 is 0 Å². The molecule has 1 heterocycles. The lowest BCUT2D eigenvalue weighted by molar-refractivity contribution is -0.126. The predicted molar refractivity (Wildman–Crippen MR) is 122 cm³/mol. The summed E-state index contributed by atoms with van der Waals surface area (Å²) in [5, 5.41) is 2.80. The number of hydrogen-bond acceptors (Lipinski definition) is 5. The predicted octanol–water partition coefficient (Wildman–Crippen LogP) is 2.21. The lowest BCUT2D eigenvalue weighted by atomic mass is 10.1. The van der Waals surface area contributed by atoms with Gasteiger partial charge in [-0.15, -0.1) is 0 Å². The molecule has 3 rings (SSSR count). The van der Waals surface area contributed by atoms with Gasteiger partial charge in [-0.2, -0.15) is 0 Å². The largest absolute Gasteiger partial charge is 0.376 e. The Labute approximate surface area is 193 Å². The molecule has 0 saturated carbocycles. The molecule has 1 saturated heterocycles. The Hall–Kier alpha value is -2.82. The molecule has 2 aromatic carbocycles. The van der Waals surface area contributed by atoms with E-state index in [0.717, 1.165) is 23.8 Å². The van der Waals surface area contributed by atoms with E-state index in [9.17, 15) is 22.4 Å². The minimum atomic E-state index is -3.94. The van der Waals surface area contributed by atoms with Crippen molar-refractivity contribution >= 4 is 27.5 Å². The van der Waals surface area contributed by atoms with Crippen LogP contribution in [0.25, 0.3) is 0 Å². The molecule has 2 amide bonds. The molecule has 2 aromatic rings. The molecule has 1 aliphatic heterocycles. The fraction of sp³-hybridized carbons (Fsp3) is 0.391. The fourth-order valence-corrected chi connectivity index (χ4v) is 4.67. The van der Waals surface area contributed by atoms with E-state index in [4.69, 9.17) is 4.74 Å². The molecule has 10 heteroatoms. The van der Waals surface area contributed by atoms with Crippen LogP contribution in [-0.2, 0) is 24.3 Å². The number of halogens is 1. The standard InChI is InChI=1S/C23H28FN3O5S/c1-2-21(23(29)25-15-19-10-7-13-32-19)27(18-9-6-8-17(24)14-18)22(28)16-26-33(30,31)20-11-4-3-5-12-20/h3-6,8-9,11-12,14,19,21,26H,2,7,10,13,15-16H2,1H3,(H,25,29)/t19-,21-/m1/s1. The number of anilines is 1. The first-order chi connectivity index (χ1) is 15.8. The van der Waals surface area contributed by atoms with Crippen LogP contribution in [0.2, 0.25) is 0 Å². The highest BCUT2D eigenvalue weighted by atomic mass is 32.2. The van der Waals surface area contributed by atoms with Crippen molar-refractivity contribution in [3.8, 4) is 0 Å². The highest BCUT2D eigenvalue weighted by Gasteiger charge is 2.31. The van der Waals surface area contributed by atoms with Crippen LogP contribution in [0.15, 0.2) is 59.5 Å². The summed E-state index contributed by atoms with van der Waals surface area (Å²) in [6, 6.07) is 12.0. The Balaban J connectivity index is 1.79. The van der Waals surface area contributed by atoms with Crippen LogP contribution in [-0.4, -0.2) is 52.1 Å². The highest BCUT2D eigenvalue weighted by Crippen LogP contribution is 2.21. The van der Waals surface area contributed by atoms with E-state index < -0.39 is 40.2 Å². The van der Waals surface area contributed by atoms with E-state index in [-0.39, 0.29) is 23.1 Å². The monoisotopic (exact) mass is 477 g/mol. The Morgan fingerprint density at radius 2 is 1.94 bits per heavy atom. The molecular weight excluding hydrogens is 449 g/mol. The number of ether oxygens (including phenoxy) is 1. The maximum Gasteiger partial charge on any atom is 0.243 e. The summed E-state index contributed by atoms with van der Waals surface area (Å²) < 4.78 is 46.8. The Bertz CT molecular complexity index is 1060. The fourth-order valence-electron chi connectivity index (χ4n) is 3.67. The summed E-state index contributed by atoms with van der Waals surface area (Å²) in [5.74, 6) is -1.68. The quantitative estimate of drug-likeness (QED) is 0.546. The number of benzene rings is 2. The van der Waals surface area contributed by atoms with Crippen molar-refractivity contribution < 1.29 is 27.1 Å². The van der Waals surface area contributed by atoms with E-state index in [1.54, 1.807) is 25.1 Å². The third-order valence-electron chi connectivity index (χ3n) is 5.35. The smallest absolute Gasteiger partial charge is 0.243 e. The van der Waals surface area contributed by atoms with Crippen LogP contribution >= 0.6 is 0 Å². The number of amides is 2. The summed E-state index contributed by atoms with van der Waals surface area (Å²) in [6.07, 6.45) is 1.92. The molecule has 1 aliphatic rings. The zero-order valence-corrected chi connectivity index (χ0v) is 19.2. The number of carbonyl (C=O) groups excluding carboxylic acids is 2. The Morgan fingerprint density at radius 1 is 1.18 bits per heavy atom. The van der Waals surface area contributed by atoms with Crippen molar-refractivity contribution in [3.05, 3.63) is 60.4 Å². The van der Waals surface area contributed by atoms with E-state index in [1.807, 2.05) is 0 Å². The van der Waals surface area contributed by atoms with E-state index in [2.05, 4.69) is 10.0 Å². The number of carbonyl (C=O) groups is 2. The third-order valence-corrected chi connectivity index (χ3v) is 6.77. The normalized spacial score (nSPS) is 16.8. The SMILES string of the molecule is CC[C@H](C(=O)NC[C@H]1CCCO1)N(C(=O)CNS(=O)(=O)c1ccccc1)c1cccc(F)c1. The van der Waals surface area contributed by atoms with E-state index in [0.29, 0.717) is 13.2 Å². The van der Waals surface area contributed by atoms with Gasteiger partial charge in [-0.05, 0) is 49.6 Å². The maximum atomic E-state index is 13.9. The van der Waals surface area contributed by atoms with Gasteiger partial charge in [0.2, 0.25) is 21.8 Å². The zero-order chi connectivity index (χ0) is 23.8. The molecule has 178 valence electrons. The zero-order valence-electron chi connectivity index (χ0n) is 18.4. The van der Waals surface area contributed by atoms with Gasteiger partial charge >= 0.3 is 0 Å². The second-order valence-corrected chi connectivity index (χ2v) is 9.45. The van der Waals surface area contributed by atoms with Gasteiger partial charge < -0.3 is 10.1 Å². The molecule has 33 heavy (non-hydrogen) atoms. The van der Waals surface area contributed by atoms with Gasteiger partial charge in [0, 0.05) is 18.8 Å². The Kier molecular flexibility index (Phi) is 8.54. The second-order valence-electron chi connectivity index (χ2n) is 7.69. The van der Waals surface area contributed by atoms with Crippen molar-refractivity contribution in [2.24, 2.45) is 0 Å². The van der Waals surface area contributed by atoms with Gasteiger partial charge in [-0.3, -0.25) is 14.5 Å². The number of hydrogen-bond donors (Lipinski definition) is 2. The molecular formula is C23H28FN3O5S. The topological polar surface area (TPSA) is 105 Å². The van der Waals surface area contributed by atoms with Gasteiger partial charge in [-0.25, -0.2) is 17.5 Å². The molecule has 0 aromatic heterocycles. The van der Waals surface area contributed by atoms with Crippen LogP contribution in [0.1, 0.15) is 26.2 Å². The summed E-state index contributed by atoms with van der Waals surface area (Å²) in [6.45, 7) is 2.08. The van der Waals surface area contributed by atoms with Gasteiger partial charge in [0.15, 0.2) is 0 Å². The first-order valence-electron chi connectivity index (χ1n) is 10.8. The van der Waals surface area contributed by atoms with Crippen molar-refractivity contribution in [2.45, 2.75) is 43.2 Å². The van der Waals surface area contributed by atoms with Gasteiger partial charge in [0.05, 0.1) is 17.5 Å². The van der Waals surface area contributed by atoms with Crippen LogP contribution < -0.4 is 14.9 Å². The lowest BCUT2D eigenvalue weighted by Crippen LogP contribution is -2.53. The molecule has 8 nitrogen and oxygen atoms in total. The van der Waals surface area contributed by atoms with Gasteiger partial charge in [-0.1, -0.05) is 31.2 Å². The molecule has 0 spiro atoms. The Morgan fingerprint density at radius 3 is 2.58 bits per heavy atom. The molecule has 2 atom stereocenters. The summed E-state index contributed by atoms with van der Waals surface area (Å²) in [4.78, 5) is 27.3. The first kappa shape index (κ1) is 24.8. The molecule has 0 aliphatic carbocycles. The summed E-state index contributed by atoms with van der Waals surface area (Å²) >= 11 is 0. The average molecular weight is 478 g/mol. The van der Waals surface area contributed by atoms with Crippen molar-refractivity contribution in [1.82, 2.24) is 10.0 Å². The van der Waals surface area contributed by atoms with Gasteiger partial charge in [0.25, 0.3) is 0 Å². The van der Waals surface area contributed by atoms with Crippen LogP contribution in [0.4, 0.5) is 10.1 Å². The molecule has 0 bridgehead atoms. The highest BCUT2D eigenvalue weighted by molar-refractivity contribution is 7.89. The number of sulfonamides is 1. The maximum absolute atomic E-state index is 13.9. The summed E-state index contributed by atoms with van der Waals surface area (Å²) in [5.41, 5.74) is 0.165. The molecule has 0 radical (unpaired) electrons. The average Bonchev–Trinajstić information content (AvgIpc) is 3.34. The van der Waals surface area contributed by atoms with Gasteiger partial charge in [0.1, 0.15) is 11.9 Å². The second kappa shape index (κ2) is 11.4. The molecule has 0 unspecified atom stereocenters. The summed E-state index contributed by atoms with van der Waals surface area (Å²) in [7, 11) is -3.94.